The molecule has 1 N–H and O–H groups in total. The Morgan fingerprint density at radius 1 is 1.04 bits per heavy atom. The molecule has 0 aliphatic rings. The summed E-state index contributed by atoms with van der Waals surface area (Å²) in [5.41, 5.74) is 1.10. The van der Waals surface area contributed by atoms with Crippen molar-refractivity contribution in [2.24, 2.45) is 0 Å². The van der Waals surface area contributed by atoms with Crippen LogP contribution in [0.1, 0.15) is 19.4 Å². The second-order valence-corrected chi connectivity index (χ2v) is 6.49. The highest BCUT2D eigenvalue weighted by Crippen LogP contribution is 2.21. The number of benzene rings is 2. The van der Waals surface area contributed by atoms with Gasteiger partial charge >= 0.3 is 6.03 Å². The maximum Gasteiger partial charge on any atom is 0.317 e. The normalized spacial score (nSPS) is 11.0. The fraction of sp³-hybridized carbons (Fsp3) is 0.350. The van der Waals surface area contributed by atoms with Crippen LogP contribution in [0.5, 0.6) is 5.75 Å². The van der Waals surface area contributed by atoms with E-state index in [2.05, 4.69) is 31.3 Å². The highest BCUT2D eigenvalue weighted by molar-refractivity contribution is 5.74. The molecular formula is C20H26N2O2. The molecule has 0 heterocycles. The molecule has 4 nitrogen and oxygen atoms in total. The summed E-state index contributed by atoms with van der Waals surface area (Å²) in [7, 11) is 1.78. The van der Waals surface area contributed by atoms with Crippen molar-refractivity contribution < 1.29 is 9.53 Å². The number of rotatable bonds is 7. The molecule has 2 aromatic rings. The summed E-state index contributed by atoms with van der Waals surface area (Å²) in [6.45, 7) is 5.84. The fourth-order valence-corrected chi connectivity index (χ4v) is 2.34. The van der Waals surface area contributed by atoms with E-state index < -0.39 is 0 Å². The van der Waals surface area contributed by atoms with Crippen LogP contribution in [-0.4, -0.2) is 37.7 Å². The number of para-hydroxylation sites is 1. The van der Waals surface area contributed by atoms with Crippen LogP contribution in [0.25, 0.3) is 0 Å². The Hall–Kier alpha value is -2.49. The van der Waals surface area contributed by atoms with Gasteiger partial charge in [-0.05, 0) is 17.7 Å². The largest absolute Gasteiger partial charge is 0.492 e. The van der Waals surface area contributed by atoms with Crippen LogP contribution in [0, 0.1) is 0 Å². The van der Waals surface area contributed by atoms with Crippen molar-refractivity contribution in [1.82, 2.24) is 10.2 Å². The smallest absolute Gasteiger partial charge is 0.317 e. The zero-order chi connectivity index (χ0) is 17.4. The second kappa shape index (κ2) is 8.39. The summed E-state index contributed by atoms with van der Waals surface area (Å²) in [5, 5.41) is 3.00. The van der Waals surface area contributed by atoms with Gasteiger partial charge in [-0.25, -0.2) is 4.79 Å². The first-order valence-electron chi connectivity index (χ1n) is 8.21. The van der Waals surface area contributed by atoms with Crippen molar-refractivity contribution in [3.8, 4) is 5.75 Å². The monoisotopic (exact) mass is 326 g/mol. The van der Waals surface area contributed by atoms with Gasteiger partial charge in [0, 0.05) is 19.0 Å². The summed E-state index contributed by atoms with van der Waals surface area (Å²) < 4.78 is 5.62. The molecule has 0 saturated carbocycles. The van der Waals surface area contributed by atoms with E-state index in [0.717, 1.165) is 5.75 Å². The van der Waals surface area contributed by atoms with E-state index >= 15 is 0 Å². The van der Waals surface area contributed by atoms with Crippen LogP contribution < -0.4 is 10.1 Å². The molecule has 2 aromatic carbocycles. The quantitative estimate of drug-likeness (QED) is 0.843. The lowest BCUT2D eigenvalue weighted by Crippen LogP contribution is -2.44. The number of nitrogens with one attached hydrogen (secondary N) is 1. The molecular weight excluding hydrogens is 300 g/mol. The van der Waals surface area contributed by atoms with Crippen LogP contribution in [0.4, 0.5) is 4.79 Å². The number of hydrogen-bond donors (Lipinski definition) is 1. The Kier molecular flexibility index (Phi) is 6.24. The Bertz CT molecular complexity index is 627. The second-order valence-electron chi connectivity index (χ2n) is 6.49. The molecule has 0 aromatic heterocycles. The number of ether oxygens (including phenoxy) is 1. The van der Waals surface area contributed by atoms with Crippen molar-refractivity contribution in [2.45, 2.75) is 19.3 Å². The number of urea groups is 1. The minimum absolute atomic E-state index is 0.0873. The van der Waals surface area contributed by atoms with Crippen molar-refractivity contribution in [2.75, 3.05) is 26.7 Å². The molecule has 0 fully saturated rings. The van der Waals surface area contributed by atoms with E-state index in [1.54, 1.807) is 11.9 Å². The molecule has 0 saturated heterocycles. The number of likely N-dealkylation sites (N-methyl/N-ethyl adjacent to an activating group) is 1. The van der Waals surface area contributed by atoms with E-state index in [1.165, 1.54) is 5.56 Å². The molecule has 4 heteroatoms. The lowest BCUT2D eigenvalue weighted by Gasteiger charge is -2.27. The van der Waals surface area contributed by atoms with E-state index in [-0.39, 0.29) is 11.4 Å². The molecule has 0 atom stereocenters. The third kappa shape index (κ3) is 5.30. The highest BCUT2D eigenvalue weighted by atomic mass is 16.5. The Morgan fingerprint density at radius 3 is 2.25 bits per heavy atom. The maximum absolute atomic E-state index is 12.2. The van der Waals surface area contributed by atoms with Crippen molar-refractivity contribution in [1.29, 1.82) is 0 Å². The molecule has 0 bridgehead atoms. The first-order valence-corrected chi connectivity index (χ1v) is 8.21. The van der Waals surface area contributed by atoms with Crippen molar-refractivity contribution >= 4 is 6.03 Å². The summed E-state index contributed by atoms with van der Waals surface area (Å²) in [6, 6.07) is 19.7. The zero-order valence-electron chi connectivity index (χ0n) is 14.7. The lowest BCUT2D eigenvalue weighted by atomic mass is 9.85. The van der Waals surface area contributed by atoms with Gasteiger partial charge in [-0.1, -0.05) is 62.4 Å². The Morgan fingerprint density at radius 2 is 1.62 bits per heavy atom. The van der Waals surface area contributed by atoms with Crippen LogP contribution in [0.2, 0.25) is 0 Å². The number of carbonyl (C=O) groups is 1. The molecule has 0 unspecified atom stereocenters. The number of nitrogens with zero attached hydrogens (tertiary/aromatic N) is 1. The van der Waals surface area contributed by atoms with E-state index in [4.69, 9.17) is 4.74 Å². The van der Waals surface area contributed by atoms with Crippen LogP contribution in [-0.2, 0) is 5.41 Å². The van der Waals surface area contributed by atoms with E-state index in [9.17, 15) is 4.79 Å². The average molecular weight is 326 g/mol. The SMILES string of the molecule is CN(CCOc1ccccc1)C(=O)NCC(C)(C)c1ccccc1. The molecule has 2 rings (SSSR count). The molecule has 0 aliphatic carbocycles. The minimum Gasteiger partial charge on any atom is -0.492 e. The van der Waals surface area contributed by atoms with Gasteiger partial charge in [0.15, 0.2) is 0 Å². The number of carbonyl (C=O) groups excluding carboxylic acids is 1. The third-order valence-electron chi connectivity index (χ3n) is 4.02. The standard InChI is InChI=1S/C20H26N2O2/c1-20(2,17-10-6-4-7-11-17)16-21-19(23)22(3)14-15-24-18-12-8-5-9-13-18/h4-13H,14-16H2,1-3H3,(H,21,23). The van der Waals surface area contributed by atoms with Gasteiger partial charge in [0.1, 0.15) is 12.4 Å². The predicted octanol–water partition coefficient (Wildman–Crippen LogP) is 3.68. The predicted molar refractivity (Wildman–Crippen MR) is 97.4 cm³/mol. The first kappa shape index (κ1) is 17.9. The fourth-order valence-electron chi connectivity index (χ4n) is 2.34. The van der Waals surface area contributed by atoms with Crippen molar-refractivity contribution in [3.05, 3.63) is 66.2 Å². The summed E-state index contributed by atoms with van der Waals surface area (Å²) in [4.78, 5) is 13.9. The minimum atomic E-state index is -0.113. The molecule has 0 aliphatic heterocycles. The van der Waals surface area contributed by atoms with Crippen LogP contribution >= 0.6 is 0 Å². The van der Waals surface area contributed by atoms with Gasteiger partial charge in [0.05, 0.1) is 6.54 Å². The summed E-state index contributed by atoms with van der Waals surface area (Å²) in [5.74, 6) is 0.816. The topological polar surface area (TPSA) is 41.6 Å². The van der Waals surface area contributed by atoms with Crippen LogP contribution in [0.15, 0.2) is 60.7 Å². The highest BCUT2D eigenvalue weighted by Gasteiger charge is 2.21. The van der Waals surface area contributed by atoms with E-state index in [1.807, 2.05) is 48.5 Å². The first-order chi connectivity index (χ1) is 11.5. The molecule has 2 amide bonds. The third-order valence-corrected chi connectivity index (χ3v) is 4.02. The van der Waals surface area contributed by atoms with Gasteiger partial charge in [0.25, 0.3) is 0 Å². The summed E-state index contributed by atoms with van der Waals surface area (Å²) >= 11 is 0. The van der Waals surface area contributed by atoms with Gasteiger partial charge < -0.3 is 15.0 Å². The number of hydrogen-bond acceptors (Lipinski definition) is 2. The lowest BCUT2D eigenvalue weighted by molar-refractivity contribution is 0.193. The molecule has 0 radical (unpaired) electrons. The Balaban J connectivity index is 1.75. The molecule has 0 spiro atoms. The van der Waals surface area contributed by atoms with E-state index in [0.29, 0.717) is 19.7 Å². The molecule has 24 heavy (non-hydrogen) atoms. The zero-order valence-corrected chi connectivity index (χ0v) is 14.7. The van der Waals surface area contributed by atoms with Gasteiger partial charge in [-0.15, -0.1) is 0 Å². The van der Waals surface area contributed by atoms with Gasteiger partial charge in [0.2, 0.25) is 0 Å². The van der Waals surface area contributed by atoms with Crippen molar-refractivity contribution in [3.63, 3.8) is 0 Å². The average Bonchev–Trinajstić information content (AvgIpc) is 2.61. The summed E-state index contributed by atoms with van der Waals surface area (Å²) in [6.07, 6.45) is 0. The van der Waals surface area contributed by atoms with Gasteiger partial charge in [-0.3, -0.25) is 0 Å². The molecule has 128 valence electrons. The maximum atomic E-state index is 12.2. The van der Waals surface area contributed by atoms with Crippen LogP contribution in [0.3, 0.4) is 0 Å². The van der Waals surface area contributed by atoms with Gasteiger partial charge in [-0.2, -0.15) is 0 Å². The number of amides is 2. The Labute approximate surface area is 144 Å².